The van der Waals surface area contributed by atoms with E-state index in [1.807, 2.05) is 0 Å². The number of hydrogen-bond acceptors (Lipinski definition) is 0. The van der Waals surface area contributed by atoms with Gasteiger partial charge in [-0.3, -0.25) is 0 Å². The Kier molecular flexibility index (Phi) is 7.96. The van der Waals surface area contributed by atoms with Crippen molar-refractivity contribution in [1.82, 2.24) is 0 Å². The fourth-order valence-corrected chi connectivity index (χ4v) is 6.05. The lowest BCUT2D eigenvalue weighted by Crippen LogP contribution is -2.39. The lowest BCUT2D eigenvalue weighted by molar-refractivity contribution is 0.415. The zero-order chi connectivity index (χ0) is 27.4. The van der Waals surface area contributed by atoms with Gasteiger partial charge in [-0.15, -0.1) is 0 Å². The summed E-state index contributed by atoms with van der Waals surface area (Å²) in [6, 6.07) is 9.97. The normalized spacial score (nSPS) is 13.9. The maximum absolute atomic E-state index is 2.49. The molecule has 0 spiro atoms. The van der Waals surface area contributed by atoms with E-state index in [4.69, 9.17) is 0 Å². The van der Waals surface area contributed by atoms with Gasteiger partial charge in [0.15, 0.2) is 0 Å². The minimum absolute atomic E-state index is 0.0577. The van der Waals surface area contributed by atoms with Crippen molar-refractivity contribution in [3.63, 3.8) is 0 Å². The van der Waals surface area contributed by atoms with Crippen LogP contribution >= 0.6 is 0 Å². The third-order valence-corrected chi connectivity index (χ3v) is 7.96. The molecule has 0 N–H and O–H groups in total. The molecule has 0 heteroatoms. The second-order valence-electron chi connectivity index (χ2n) is 15.3. The van der Waals surface area contributed by atoms with Crippen LogP contribution in [0, 0.1) is 13.8 Å². The topological polar surface area (TPSA) is 0 Å². The zero-order valence-electron chi connectivity index (χ0n) is 26.2. The van der Waals surface area contributed by atoms with E-state index in [1.165, 1.54) is 33.4 Å². The molecular weight excluding hydrogens is 420 g/mol. The monoisotopic (exact) mass is 476 g/mol. The van der Waals surface area contributed by atoms with Gasteiger partial charge in [0.05, 0.1) is 0 Å². The first-order valence-electron chi connectivity index (χ1n) is 13.9. The first kappa shape index (κ1) is 29.7. The van der Waals surface area contributed by atoms with Crippen molar-refractivity contribution in [2.45, 2.75) is 151 Å². The molecule has 2 rings (SSSR count). The van der Waals surface area contributed by atoms with Crippen molar-refractivity contribution in [2.24, 2.45) is 0 Å². The molecule has 0 amide bonds. The molecule has 0 heterocycles. The fourth-order valence-electron chi connectivity index (χ4n) is 6.05. The molecule has 0 aromatic heterocycles. The Labute approximate surface area is 219 Å². The third kappa shape index (κ3) is 5.73. The van der Waals surface area contributed by atoms with Crippen LogP contribution in [0.5, 0.6) is 0 Å². The molecule has 0 saturated carbocycles. The summed E-state index contributed by atoms with van der Waals surface area (Å²) in [5.74, 6) is 0. The van der Waals surface area contributed by atoms with Crippen LogP contribution in [0.3, 0.4) is 0 Å². The Morgan fingerprint density at radius 2 is 0.629 bits per heavy atom. The minimum Gasteiger partial charge on any atom is -0.0642 e. The summed E-state index contributed by atoms with van der Waals surface area (Å²) < 4.78 is 0. The molecule has 0 aliphatic heterocycles. The predicted molar refractivity (Wildman–Crippen MR) is 159 cm³/mol. The first-order chi connectivity index (χ1) is 15.6. The van der Waals surface area contributed by atoms with Crippen LogP contribution in [0.25, 0.3) is 0 Å². The van der Waals surface area contributed by atoms with Gasteiger partial charge in [0, 0.05) is 5.41 Å². The number of hydrogen-bond donors (Lipinski definition) is 0. The Morgan fingerprint density at radius 1 is 0.429 bits per heavy atom. The van der Waals surface area contributed by atoms with E-state index in [9.17, 15) is 0 Å². The van der Waals surface area contributed by atoms with E-state index in [0.29, 0.717) is 0 Å². The van der Waals surface area contributed by atoms with Crippen molar-refractivity contribution >= 4 is 0 Å². The largest absolute Gasteiger partial charge is 0.0642 e. The summed E-state index contributed by atoms with van der Waals surface area (Å²) in [5.41, 5.74) is 12.2. The Hall–Kier alpha value is -1.56. The van der Waals surface area contributed by atoms with E-state index in [1.54, 1.807) is 11.1 Å². The Bertz CT molecular complexity index is 892. The summed E-state index contributed by atoms with van der Waals surface area (Å²) in [4.78, 5) is 0. The van der Waals surface area contributed by atoms with Crippen LogP contribution < -0.4 is 0 Å². The molecule has 0 aliphatic carbocycles. The quantitative estimate of drug-likeness (QED) is 0.411. The Balaban J connectivity index is 3.36. The average Bonchev–Trinajstić information content (AvgIpc) is 2.67. The SMILES string of the molecule is CCC(CC)(c1c(C(C)(C)C)cc(C)cc1C(C)(C)C)c1c(C(C)(C)C)cc(C)cc1C(C)(C)C. The molecule has 35 heavy (non-hydrogen) atoms. The van der Waals surface area contributed by atoms with E-state index in [2.05, 4.69) is 135 Å². The first-order valence-corrected chi connectivity index (χ1v) is 13.9. The summed E-state index contributed by atoms with van der Waals surface area (Å²) in [6.07, 6.45) is 2.18. The second kappa shape index (κ2) is 9.39. The van der Waals surface area contributed by atoms with Crippen LogP contribution in [0.15, 0.2) is 24.3 Å². The molecule has 2 aromatic carbocycles. The van der Waals surface area contributed by atoms with Gasteiger partial charge in [-0.1, -0.05) is 132 Å². The number of aryl methyl sites for hydroxylation is 2. The predicted octanol–water partition coefficient (Wildman–Crippen LogP) is 10.6. The molecule has 0 atom stereocenters. The van der Waals surface area contributed by atoms with Crippen molar-refractivity contribution in [3.8, 4) is 0 Å². The van der Waals surface area contributed by atoms with Crippen LogP contribution in [0.1, 0.15) is 154 Å². The average molecular weight is 477 g/mol. The van der Waals surface area contributed by atoms with Gasteiger partial charge in [-0.05, 0) is 81.7 Å². The van der Waals surface area contributed by atoms with Crippen molar-refractivity contribution in [3.05, 3.63) is 68.8 Å². The lowest BCUT2D eigenvalue weighted by Gasteiger charge is -2.46. The highest BCUT2D eigenvalue weighted by molar-refractivity contribution is 5.60. The summed E-state index contributed by atoms with van der Waals surface area (Å²) >= 11 is 0. The number of rotatable bonds is 4. The highest BCUT2D eigenvalue weighted by atomic mass is 14.5. The molecule has 0 nitrogen and oxygen atoms in total. The van der Waals surface area contributed by atoms with Gasteiger partial charge in [-0.2, -0.15) is 0 Å². The summed E-state index contributed by atoms with van der Waals surface area (Å²) in [5, 5.41) is 0. The maximum Gasteiger partial charge on any atom is 0.0209 e. The van der Waals surface area contributed by atoms with Crippen LogP contribution in [-0.4, -0.2) is 0 Å². The minimum atomic E-state index is -0.0577. The lowest BCUT2D eigenvalue weighted by atomic mass is 9.57. The van der Waals surface area contributed by atoms with Crippen LogP contribution in [0.4, 0.5) is 0 Å². The van der Waals surface area contributed by atoms with Crippen LogP contribution in [-0.2, 0) is 27.1 Å². The smallest absolute Gasteiger partial charge is 0.0209 e. The van der Waals surface area contributed by atoms with E-state index in [0.717, 1.165) is 12.8 Å². The molecule has 0 unspecified atom stereocenters. The summed E-state index contributed by atoms with van der Waals surface area (Å²) in [6.45, 7) is 38.2. The van der Waals surface area contributed by atoms with Crippen molar-refractivity contribution in [1.29, 1.82) is 0 Å². The van der Waals surface area contributed by atoms with Gasteiger partial charge in [0.2, 0.25) is 0 Å². The molecule has 0 aliphatic rings. The number of benzene rings is 2. The van der Waals surface area contributed by atoms with E-state index < -0.39 is 0 Å². The van der Waals surface area contributed by atoms with Gasteiger partial charge in [-0.25, -0.2) is 0 Å². The molecule has 0 radical (unpaired) electrons. The standard InChI is InChI=1S/C35H56/c1-17-35(18-2,29-25(31(5,6)7)19-23(3)20-26(29)32(8,9)10)30-27(33(11,12)13)21-24(4)22-28(30)34(14,15)16/h19-22H,17-18H2,1-16H3. The van der Waals surface area contributed by atoms with Gasteiger partial charge >= 0.3 is 0 Å². The highest BCUT2D eigenvalue weighted by Crippen LogP contribution is 2.53. The van der Waals surface area contributed by atoms with Gasteiger partial charge in [0.25, 0.3) is 0 Å². The van der Waals surface area contributed by atoms with Gasteiger partial charge in [0.1, 0.15) is 0 Å². The van der Waals surface area contributed by atoms with Crippen molar-refractivity contribution < 1.29 is 0 Å². The molecule has 0 fully saturated rings. The molecule has 0 saturated heterocycles. The molecular formula is C35H56. The van der Waals surface area contributed by atoms with E-state index in [-0.39, 0.29) is 27.1 Å². The third-order valence-electron chi connectivity index (χ3n) is 7.96. The summed E-state index contributed by atoms with van der Waals surface area (Å²) in [7, 11) is 0. The van der Waals surface area contributed by atoms with Gasteiger partial charge < -0.3 is 0 Å². The second-order valence-corrected chi connectivity index (χ2v) is 15.3. The van der Waals surface area contributed by atoms with E-state index >= 15 is 0 Å². The fraction of sp³-hybridized carbons (Fsp3) is 0.657. The Morgan fingerprint density at radius 3 is 0.771 bits per heavy atom. The van der Waals surface area contributed by atoms with Crippen molar-refractivity contribution in [2.75, 3.05) is 0 Å². The highest BCUT2D eigenvalue weighted by Gasteiger charge is 2.44. The zero-order valence-corrected chi connectivity index (χ0v) is 26.2. The molecule has 0 bridgehead atoms. The molecule has 196 valence electrons. The van der Waals surface area contributed by atoms with Crippen LogP contribution in [0.2, 0.25) is 0 Å². The maximum atomic E-state index is 2.49. The molecule has 2 aromatic rings.